The predicted octanol–water partition coefficient (Wildman–Crippen LogP) is 3.74. The topological polar surface area (TPSA) is 29.3 Å². The molecule has 2 rings (SSSR count). The Bertz CT molecular complexity index is 438. The Balaban J connectivity index is 2.24. The van der Waals surface area contributed by atoms with Gasteiger partial charge in [-0.25, -0.2) is 4.39 Å². The van der Waals surface area contributed by atoms with Gasteiger partial charge in [-0.1, -0.05) is 24.1 Å². The van der Waals surface area contributed by atoms with Crippen molar-refractivity contribution in [1.82, 2.24) is 4.90 Å². The molecule has 1 saturated heterocycles. The van der Waals surface area contributed by atoms with Crippen LogP contribution in [0.4, 0.5) is 4.39 Å². The summed E-state index contributed by atoms with van der Waals surface area (Å²) in [6, 6.07) is 6.11. The van der Waals surface area contributed by atoms with Crippen LogP contribution in [-0.4, -0.2) is 23.5 Å². The lowest BCUT2D eigenvalue weighted by Crippen LogP contribution is -2.49. The number of hydrogen-bond acceptors (Lipinski definition) is 2. The largest absolute Gasteiger partial charge is 0.329 e. The van der Waals surface area contributed by atoms with Gasteiger partial charge in [0, 0.05) is 24.7 Å². The second-order valence-corrected chi connectivity index (χ2v) is 5.87. The van der Waals surface area contributed by atoms with Crippen LogP contribution in [0.2, 0.25) is 5.02 Å². The molecular weight excluding hydrogens is 263 g/mol. The van der Waals surface area contributed by atoms with Gasteiger partial charge in [0.1, 0.15) is 5.82 Å². The number of nitrogens with zero attached hydrogens (tertiary/aromatic N) is 1. The number of halogens is 2. The summed E-state index contributed by atoms with van der Waals surface area (Å²) in [6.45, 7) is 5.06. The molecule has 19 heavy (non-hydrogen) atoms. The highest BCUT2D eigenvalue weighted by Gasteiger charge is 2.31. The number of likely N-dealkylation sites (tertiary alicyclic amines) is 1. The van der Waals surface area contributed by atoms with E-state index < -0.39 is 0 Å². The molecule has 1 heterocycles. The second kappa shape index (κ2) is 6.21. The summed E-state index contributed by atoms with van der Waals surface area (Å²) in [6.07, 6.45) is 3.56. The first-order valence-electron chi connectivity index (χ1n) is 6.97. The molecule has 4 heteroatoms. The first-order chi connectivity index (χ1) is 9.04. The molecule has 106 valence electrons. The van der Waals surface area contributed by atoms with Gasteiger partial charge in [-0.3, -0.25) is 4.90 Å². The lowest BCUT2D eigenvalue weighted by molar-refractivity contribution is 0.0570. The number of hydrogen-bond donors (Lipinski definition) is 1. The van der Waals surface area contributed by atoms with Crippen molar-refractivity contribution in [3.05, 3.63) is 34.6 Å². The second-order valence-electron chi connectivity index (χ2n) is 5.47. The number of nitrogens with two attached hydrogens (primary N) is 1. The van der Waals surface area contributed by atoms with Crippen molar-refractivity contribution in [3.8, 4) is 0 Å². The van der Waals surface area contributed by atoms with Crippen molar-refractivity contribution < 1.29 is 4.39 Å². The van der Waals surface area contributed by atoms with E-state index in [9.17, 15) is 4.39 Å². The molecule has 2 nitrogen and oxygen atoms in total. The minimum absolute atomic E-state index is 0.193. The third-order valence-corrected chi connectivity index (χ3v) is 4.52. The van der Waals surface area contributed by atoms with Crippen molar-refractivity contribution in [2.75, 3.05) is 6.54 Å². The Hall–Kier alpha value is -0.640. The van der Waals surface area contributed by atoms with Crippen LogP contribution in [0.5, 0.6) is 0 Å². The van der Waals surface area contributed by atoms with Gasteiger partial charge in [0.15, 0.2) is 0 Å². The average molecular weight is 285 g/mol. The Morgan fingerprint density at radius 2 is 2.21 bits per heavy atom. The maximum atomic E-state index is 13.3. The zero-order valence-electron chi connectivity index (χ0n) is 11.6. The first kappa shape index (κ1) is 14.8. The molecule has 0 spiro atoms. The third-order valence-electron chi connectivity index (χ3n) is 4.24. The van der Waals surface area contributed by atoms with Crippen molar-refractivity contribution in [2.24, 2.45) is 5.73 Å². The molecule has 1 aliphatic heterocycles. The van der Waals surface area contributed by atoms with E-state index in [1.54, 1.807) is 6.07 Å². The van der Waals surface area contributed by atoms with Gasteiger partial charge in [0.2, 0.25) is 0 Å². The molecule has 0 saturated carbocycles. The summed E-state index contributed by atoms with van der Waals surface area (Å²) in [5.74, 6) is -0.361. The SMILES string of the molecule is CC1CCCC(CN)N1C(C)c1ccc(F)c(Cl)c1. The minimum atomic E-state index is -0.361. The van der Waals surface area contributed by atoms with E-state index in [0.717, 1.165) is 12.0 Å². The smallest absolute Gasteiger partial charge is 0.141 e. The summed E-state index contributed by atoms with van der Waals surface area (Å²) in [5, 5.41) is 0.193. The maximum Gasteiger partial charge on any atom is 0.141 e. The van der Waals surface area contributed by atoms with Crippen LogP contribution >= 0.6 is 11.6 Å². The molecular formula is C15H22ClFN2. The van der Waals surface area contributed by atoms with E-state index in [2.05, 4.69) is 18.7 Å². The van der Waals surface area contributed by atoms with Crippen LogP contribution in [0, 0.1) is 5.82 Å². The van der Waals surface area contributed by atoms with Crippen LogP contribution in [0.1, 0.15) is 44.7 Å². The maximum absolute atomic E-state index is 13.3. The van der Waals surface area contributed by atoms with Gasteiger partial charge >= 0.3 is 0 Å². The molecule has 1 aromatic carbocycles. The molecule has 1 aliphatic rings. The fraction of sp³-hybridized carbons (Fsp3) is 0.600. The number of piperidine rings is 1. The van der Waals surface area contributed by atoms with E-state index in [-0.39, 0.29) is 16.9 Å². The summed E-state index contributed by atoms with van der Waals surface area (Å²) >= 11 is 5.89. The van der Waals surface area contributed by atoms with Gasteiger partial charge in [-0.15, -0.1) is 0 Å². The molecule has 0 aliphatic carbocycles. The predicted molar refractivity (Wildman–Crippen MR) is 77.8 cm³/mol. The minimum Gasteiger partial charge on any atom is -0.329 e. The molecule has 0 amide bonds. The monoisotopic (exact) mass is 284 g/mol. The van der Waals surface area contributed by atoms with Gasteiger partial charge in [0.25, 0.3) is 0 Å². The van der Waals surface area contributed by atoms with Crippen LogP contribution in [0.25, 0.3) is 0 Å². The highest BCUT2D eigenvalue weighted by molar-refractivity contribution is 6.30. The van der Waals surface area contributed by atoms with Crippen LogP contribution < -0.4 is 5.73 Å². The normalized spacial score (nSPS) is 26.4. The highest BCUT2D eigenvalue weighted by atomic mass is 35.5. The van der Waals surface area contributed by atoms with Crippen molar-refractivity contribution in [1.29, 1.82) is 0 Å². The van der Waals surface area contributed by atoms with Gasteiger partial charge in [0.05, 0.1) is 5.02 Å². The van der Waals surface area contributed by atoms with Crippen molar-refractivity contribution in [2.45, 2.75) is 51.2 Å². The van der Waals surface area contributed by atoms with Gasteiger partial charge < -0.3 is 5.73 Å². The Morgan fingerprint density at radius 3 is 2.84 bits per heavy atom. The Labute approximate surface area is 119 Å². The highest BCUT2D eigenvalue weighted by Crippen LogP contribution is 2.33. The van der Waals surface area contributed by atoms with Crippen molar-refractivity contribution >= 4 is 11.6 Å². The molecule has 0 radical (unpaired) electrons. The van der Waals surface area contributed by atoms with Crippen molar-refractivity contribution in [3.63, 3.8) is 0 Å². The third kappa shape index (κ3) is 3.10. The lowest BCUT2D eigenvalue weighted by Gasteiger charge is -2.44. The molecule has 1 fully saturated rings. The fourth-order valence-electron chi connectivity index (χ4n) is 3.19. The Morgan fingerprint density at radius 1 is 1.47 bits per heavy atom. The zero-order chi connectivity index (χ0) is 14.0. The quantitative estimate of drug-likeness (QED) is 0.916. The molecule has 3 atom stereocenters. The van der Waals surface area contributed by atoms with E-state index >= 15 is 0 Å². The van der Waals surface area contributed by atoms with Gasteiger partial charge in [-0.2, -0.15) is 0 Å². The summed E-state index contributed by atoms with van der Waals surface area (Å²) in [4.78, 5) is 2.45. The summed E-state index contributed by atoms with van der Waals surface area (Å²) < 4.78 is 13.3. The Kier molecular flexibility index (Phi) is 4.82. The standard InChI is InChI=1S/C15H22ClFN2/c1-10-4-3-5-13(9-18)19(10)11(2)12-6-7-15(17)14(16)8-12/h6-8,10-11,13H,3-5,9,18H2,1-2H3. The molecule has 0 bridgehead atoms. The molecule has 2 N–H and O–H groups in total. The van der Waals surface area contributed by atoms with E-state index in [1.807, 2.05) is 6.07 Å². The number of rotatable bonds is 3. The van der Waals surface area contributed by atoms with E-state index in [1.165, 1.54) is 18.9 Å². The summed E-state index contributed by atoms with van der Waals surface area (Å²) in [5.41, 5.74) is 6.95. The van der Waals surface area contributed by atoms with E-state index in [4.69, 9.17) is 17.3 Å². The van der Waals surface area contributed by atoms with E-state index in [0.29, 0.717) is 18.6 Å². The van der Waals surface area contributed by atoms with Crippen LogP contribution in [-0.2, 0) is 0 Å². The number of benzene rings is 1. The molecule has 1 aromatic rings. The average Bonchev–Trinajstić information content (AvgIpc) is 2.40. The molecule has 0 aromatic heterocycles. The van der Waals surface area contributed by atoms with Gasteiger partial charge in [-0.05, 0) is 44.4 Å². The lowest BCUT2D eigenvalue weighted by atomic mass is 9.92. The fourth-order valence-corrected chi connectivity index (χ4v) is 3.38. The zero-order valence-corrected chi connectivity index (χ0v) is 12.3. The first-order valence-corrected chi connectivity index (χ1v) is 7.34. The van der Waals surface area contributed by atoms with Crippen LogP contribution in [0.3, 0.4) is 0 Å². The summed E-state index contributed by atoms with van der Waals surface area (Å²) in [7, 11) is 0. The van der Waals surface area contributed by atoms with Crippen LogP contribution in [0.15, 0.2) is 18.2 Å². The molecule has 3 unspecified atom stereocenters.